The summed E-state index contributed by atoms with van der Waals surface area (Å²) in [5, 5.41) is 8.72. The van der Waals surface area contributed by atoms with Crippen molar-refractivity contribution in [1.82, 2.24) is 0 Å². The topological polar surface area (TPSA) is 27.0 Å². The number of benzene rings is 1. The molecule has 0 bridgehead atoms. The monoisotopic (exact) mass is 250 g/mol. The molecule has 1 aromatic carbocycles. The van der Waals surface area contributed by atoms with Gasteiger partial charge in [-0.2, -0.15) is 5.26 Å². The Morgan fingerprint density at radius 3 is 2.71 bits per heavy atom. The third kappa shape index (κ3) is 1.62. The van der Waals surface area contributed by atoms with Crippen molar-refractivity contribution < 1.29 is 0 Å². The minimum Gasteiger partial charge on any atom is -0.370 e. The normalized spacial score (nSPS) is 16.2. The van der Waals surface area contributed by atoms with Crippen molar-refractivity contribution in [1.29, 1.82) is 5.26 Å². The average molecular weight is 251 g/mol. The van der Waals surface area contributed by atoms with Crippen molar-refractivity contribution >= 4 is 21.6 Å². The van der Waals surface area contributed by atoms with Crippen molar-refractivity contribution in [2.45, 2.75) is 6.92 Å². The molecule has 0 aliphatic carbocycles. The number of hydrogen-bond donors (Lipinski definition) is 0. The molecule has 0 unspecified atom stereocenters. The van der Waals surface area contributed by atoms with Crippen LogP contribution in [-0.4, -0.2) is 13.1 Å². The van der Waals surface area contributed by atoms with E-state index in [4.69, 9.17) is 5.26 Å². The second kappa shape index (κ2) is 3.62. The summed E-state index contributed by atoms with van der Waals surface area (Å²) in [6.07, 6.45) is 0. The predicted octanol–water partition coefficient (Wildman–Crippen LogP) is 2.78. The van der Waals surface area contributed by atoms with E-state index in [0.29, 0.717) is 5.56 Å². The number of hydrogen-bond acceptors (Lipinski definition) is 2. The molecule has 0 aromatic heterocycles. The second-order valence-corrected chi connectivity index (χ2v) is 4.64. The maximum Gasteiger partial charge on any atom is 0.0992 e. The Labute approximate surface area is 92.3 Å². The largest absolute Gasteiger partial charge is 0.370 e. The molecule has 14 heavy (non-hydrogen) atoms. The lowest BCUT2D eigenvalue weighted by molar-refractivity contribution is 0.447. The summed E-state index contributed by atoms with van der Waals surface area (Å²) >= 11 is 3.49. The van der Waals surface area contributed by atoms with Gasteiger partial charge < -0.3 is 4.90 Å². The number of anilines is 1. The molecule has 1 saturated heterocycles. The van der Waals surface area contributed by atoms with Crippen LogP contribution in [-0.2, 0) is 0 Å². The fourth-order valence-electron chi connectivity index (χ4n) is 1.73. The van der Waals surface area contributed by atoms with Gasteiger partial charge in [-0.05, 0) is 40.0 Å². The standard InChI is InChI=1S/C11H11BrN2/c1-8-6-14(7-8)11-3-2-9(5-13)4-10(11)12/h2-4,8H,6-7H2,1H3. The van der Waals surface area contributed by atoms with Gasteiger partial charge in [-0.15, -0.1) is 0 Å². The quantitative estimate of drug-likeness (QED) is 0.767. The van der Waals surface area contributed by atoms with Crippen LogP contribution in [0.25, 0.3) is 0 Å². The molecule has 2 nitrogen and oxygen atoms in total. The predicted molar refractivity (Wildman–Crippen MR) is 60.2 cm³/mol. The lowest BCUT2D eigenvalue weighted by atomic mass is 10.0. The third-order valence-electron chi connectivity index (χ3n) is 2.48. The molecule has 0 N–H and O–H groups in total. The van der Waals surface area contributed by atoms with Crippen LogP contribution in [0.3, 0.4) is 0 Å². The van der Waals surface area contributed by atoms with Crippen LogP contribution in [0, 0.1) is 17.2 Å². The molecule has 0 spiro atoms. The van der Waals surface area contributed by atoms with E-state index in [2.05, 4.69) is 33.8 Å². The Morgan fingerprint density at radius 2 is 2.21 bits per heavy atom. The van der Waals surface area contributed by atoms with Crippen LogP contribution >= 0.6 is 15.9 Å². The van der Waals surface area contributed by atoms with Crippen LogP contribution in [0.4, 0.5) is 5.69 Å². The summed E-state index contributed by atoms with van der Waals surface area (Å²) in [5.41, 5.74) is 1.90. The zero-order chi connectivity index (χ0) is 10.1. The smallest absolute Gasteiger partial charge is 0.0992 e. The van der Waals surface area contributed by atoms with Crippen LogP contribution in [0.2, 0.25) is 0 Å². The number of nitriles is 1. The van der Waals surface area contributed by atoms with Crippen molar-refractivity contribution in [2.75, 3.05) is 18.0 Å². The maximum absolute atomic E-state index is 8.72. The molecule has 72 valence electrons. The Morgan fingerprint density at radius 1 is 1.50 bits per heavy atom. The van der Waals surface area contributed by atoms with E-state index in [-0.39, 0.29) is 0 Å². The molecule has 1 heterocycles. The highest BCUT2D eigenvalue weighted by Crippen LogP contribution is 2.31. The van der Waals surface area contributed by atoms with Gasteiger partial charge >= 0.3 is 0 Å². The number of halogens is 1. The van der Waals surface area contributed by atoms with Crippen molar-refractivity contribution in [3.05, 3.63) is 28.2 Å². The van der Waals surface area contributed by atoms with E-state index in [0.717, 1.165) is 23.5 Å². The molecule has 1 aromatic rings. The molecule has 1 fully saturated rings. The fourth-order valence-corrected chi connectivity index (χ4v) is 2.36. The van der Waals surface area contributed by atoms with Gasteiger partial charge in [0.15, 0.2) is 0 Å². The van der Waals surface area contributed by atoms with Crippen LogP contribution in [0.1, 0.15) is 12.5 Å². The minimum absolute atomic E-state index is 0.703. The minimum atomic E-state index is 0.703. The summed E-state index contributed by atoms with van der Waals surface area (Å²) in [5.74, 6) is 0.789. The molecule has 0 radical (unpaired) electrons. The van der Waals surface area contributed by atoms with Gasteiger partial charge in [-0.3, -0.25) is 0 Å². The van der Waals surface area contributed by atoms with Crippen molar-refractivity contribution in [3.8, 4) is 6.07 Å². The molecule has 1 aliphatic heterocycles. The van der Waals surface area contributed by atoms with Gasteiger partial charge in [0.05, 0.1) is 17.3 Å². The molecule has 2 rings (SSSR count). The number of nitrogens with zero attached hydrogens (tertiary/aromatic N) is 2. The Bertz CT molecular complexity index is 389. The van der Waals surface area contributed by atoms with Gasteiger partial charge in [-0.25, -0.2) is 0 Å². The average Bonchev–Trinajstić information content (AvgIpc) is 2.13. The van der Waals surface area contributed by atoms with E-state index >= 15 is 0 Å². The first-order valence-electron chi connectivity index (χ1n) is 4.65. The van der Waals surface area contributed by atoms with Gasteiger partial charge in [0.1, 0.15) is 0 Å². The lowest BCUT2D eigenvalue weighted by Crippen LogP contribution is -2.45. The first kappa shape index (κ1) is 9.54. The first-order chi connectivity index (χ1) is 6.70. The molecule has 0 amide bonds. The molecule has 0 atom stereocenters. The van der Waals surface area contributed by atoms with Gasteiger partial charge in [0, 0.05) is 17.6 Å². The summed E-state index contributed by atoms with van der Waals surface area (Å²) in [7, 11) is 0. The lowest BCUT2D eigenvalue weighted by Gasteiger charge is -2.39. The van der Waals surface area contributed by atoms with E-state index in [1.54, 1.807) is 0 Å². The molecule has 1 aliphatic rings. The molecule has 0 saturated carbocycles. The Kier molecular flexibility index (Phi) is 2.47. The van der Waals surface area contributed by atoms with Gasteiger partial charge in [-0.1, -0.05) is 6.92 Å². The second-order valence-electron chi connectivity index (χ2n) is 3.79. The summed E-state index contributed by atoms with van der Waals surface area (Å²) in [6, 6.07) is 7.88. The number of rotatable bonds is 1. The summed E-state index contributed by atoms with van der Waals surface area (Å²) < 4.78 is 1.02. The van der Waals surface area contributed by atoms with Gasteiger partial charge in [0.2, 0.25) is 0 Å². The molecular formula is C11H11BrN2. The van der Waals surface area contributed by atoms with Crippen LogP contribution in [0.5, 0.6) is 0 Å². The highest BCUT2D eigenvalue weighted by molar-refractivity contribution is 9.10. The van der Waals surface area contributed by atoms with Gasteiger partial charge in [0.25, 0.3) is 0 Å². The highest BCUT2D eigenvalue weighted by Gasteiger charge is 2.23. The molecular weight excluding hydrogens is 240 g/mol. The first-order valence-corrected chi connectivity index (χ1v) is 5.44. The summed E-state index contributed by atoms with van der Waals surface area (Å²) in [4.78, 5) is 2.32. The van der Waals surface area contributed by atoms with Crippen molar-refractivity contribution in [3.63, 3.8) is 0 Å². The van der Waals surface area contributed by atoms with E-state index in [1.807, 2.05) is 18.2 Å². The zero-order valence-electron chi connectivity index (χ0n) is 8.00. The highest BCUT2D eigenvalue weighted by atomic mass is 79.9. The zero-order valence-corrected chi connectivity index (χ0v) is 9.58. The van der Waals surface area contributed by atoms with E-state index in [1.165, 1.54) is 5.69 Å². The SMILES string of the molecule is CC1CN(c2ccc(C#N)cc2Br)C1. The van der Waals surface area contributed by atoms with Crippen LogP contribution in [0.15, 0.2) is 22.7 Å². The third-order valence-corrected chi connectivity index (χ3v) is 3.12. The molecule has 3 heteroatoms. The van der Waals surface area contributed by atoms with E-state index in [9.17, 15) is 0 Å². The Balaban J connectivity index is 2.24. The maximum atomic E-state index is 8.72. The van der Waals surface area contributed by atoms with Crippen LogP contribution < -0.4 is 4.90 Å². The van der Waals surface area contributed by atoms with E-state index < -0.39 is 0 Å². The Hall–Kier alpha value is -1.01. The summed E-state index contributed by atoms with van der Waals surface area (Å²) in [6.45, 7) is 4.48. The van der Waals surface area contributed by atoms with Crippen molar-refractivity contribution in [2.24, 2.45) is 5.92 Å². The fraction of sp³-hybridized carbons (Fsp3) is 0.364.